The fourth-order valence-electron chi connectivity index (χ4n) is 2.87. The SMILES string of the molecule is CCOC(=O)C(=CNc1cnc2c(ccn2S(=O)(=O)c2ccc(C)cc2)c1)C(=O)OCC. The van der Waals surface area contributed by atoms with Crippen molar-refractivity contribution in [1.29, 1.82) is 0 Å². The van der Waals surface area contributed by atoms with Gasteiger partial charge in [-0.15, -0.1) is 0 Å². The Morgan fingerprint density at radius 3 is 2.28 bits per heavy atom. The van der Waals surface area contributed by atoms with Crippen molar-refractivity contribution in [1.82, 2.24) is 8.96 Å². The predicted molar refractivity (Wildman–Crippen MR) is 118 cm³/mol. The highest BCUT2D eigenvalue weighted by atomic mass is 32.2. The summed E-state index contributed by atoms with van der Waals surface area (Å²) in [5, 5.41) is 3.37. The number of nitrogens with zero attached hydrogens (tertiary/aromatic N) is 2. The highest BCUT2D eigenvalue weighted by molar-refractivity contribution is 7.90. The van der Waals surface area contributed by atoms with Gasteiger partial charge in [0.15, 0.2) is 11.2 Å². The van der Waals surface area contributed by atoms with Crippen LogP contribution < -0.4 is 5.32 Å². The molecule has 0 unspecified atom stereocenters. The highest BCUT2D eigenvalue weighted by Gasteiger charge is 2.22. The molecule has 1 aromatic carbocycles. The molecule has 0 saturated carbocycles. The van der Waals surface area contributed by atoms with Crippen LogP contribution in [0.3, 0.4) is 0 Å². The lowest BCUT2D eigenvalue weighted by molar-refractivity contribution is -0.146. The molecular weight excluding hydrogens is 434 g/mol. The van der Waals surface area contributed by atoms with Crippen LogP contribution in [-0.4, -0.2) is 42.5 Å². The molecule has 10 heteroatoms. The quantitative estimate of drug-likeness (QED) is 0.237. The fraction of sp³-hybridized carbons (Fsp3) is 0.227. The summed E-state index contributed by atoms with van der Waals surface area (Å²) >= 11 is 0. The van der Waals surface area contributed by atoms with E-state index in [-0.39, 0.29) is 29.3 Å². The van der Waals surface area contributed by atoms with Gasteiger partial charge in [-0.25, -0.2) is 27.0 Å². The molecule has 0 fully saturated rings. The molecular formula is C22H23N3O6S. The highest BCUT2D eigenvalue weighted by Crippen LogP contribution is 2.23. The van der Waals surface area contributed by atoms with E-state index in [1.54, 1.807) is 50.2 Å². The number of carbonyl (C=O) groups is 2. The second kappa shape index (κ2) is 9.65. The molecule has 0 radical (unpaired) electrons. The average molecular weight is 458 g/mol. The van der Waals surface area contributed by atoms with Gasteiger partial charge in [0.2, 0.25) is 0 Å². The van der Waals surface area contributed by atoms with E-state index in [9.17, 15) is 18.0 Å². The van der Waals surface area contributed by atoms with Gasteiger partial charge >= 0.3 is 11.9 Å². The Morgan fingerprint density at radius 1 is 1.06 bits per heavy atom. The molecule has 2 heterocycles. The Hall–Kier alpha value is -3.66. The number of ether oxygens (including phenoxy) is 2. The molecule has 3 rings (SSSR count). The zero-order chi connectivity index (χ0) is 23.3. The van der Waals surface area contributed by atoms with Gasteiger partial charge in [-0.05, 0) is 45.0 Å². The molecule has 0 saturated heterocycles. The van der Waals surface area contributed by atoms with E-state index in [1.807, 2.05) is 6.92 Å². The molecule has 2 aromatic heterocycles. The number of anilines is 1. The van der Waals surface area contributed by atoms with Crippen molar-refractivity contribution in [3.8, 4) is 0 Å². The summed E-state index contributed by atoms with van der Waals surface area (Å²) in [5.41, 5.74) is 1.34. The summed E-state index contributed by atoms with van der Waals surface area (Å²) in [5.74, 6) is -1.63. The first-order valence-electron chi connectivity index (χ1n) is 9.88. The van der Waals surface area contributed by atoms with Crippen LogP contribution in [0.2, 0.25) is 0 Å². The van der Waals surface area contributed by atoms with E-state index >= 15 is 0 Å². The van der Waals surface area contributed by atoms with Crippen LogP contribution in [0.15, 0.2) is 65.5 Å². The number of rotatable bonds is 8. The standard InChI is InChI=1S/C22H23N3O6S/c1-4-30-21(26)19(22(27)31-5-2)14-23-17-12-16-10-11-25(20(16)24-13-17)32(28,29)18-8-6-15(3)7-9-18/h6-14,23H,4-5H2,1-3H3. The second-order valence-electron chi connectivity index (χ2n) is 6.71. The van der Waals surface area contributed by atoms with Crippen molar-refractivity contribution in [2.24, 2.45) is 0 Å². The molecule has 0 aliphatic carbocycles. The van der Waals surface area contributed by atoms with Crippen molar-refractivity contribution in [3.05, 3.63) is 66.1 Å². The van der Waals surface area contributed by atoms with E-state index in [0.29, 0.717) is 11.1 Å². The van der Waals surface area contributed by atoms with Gasteiger partial charge in [0, 0.05) is 17.8 Å². The number of aryl methyl sites for hydroxylation is 1. The number of hydrogen-bond donors (Lipinski definition) is 1. The lowest BCUT2D eigenvalue weighted by Crippen LogP contribution is -2.19. The molecule has 1 N–H and O–H groups in total. The maximum Gasteiger partial charge on any atom is 0.347 e. The number of fused-ring (bicyclic) bond motifs is 1. The van der Waals surface area contributed by atoms with E-state index in [1.165, 1.54) is 18.6 Å². The van der Waals surface area contributed by atoms with Crippen LogP contribution in [0.1, 0.15) is 19.4 Å². The first-order valence-corrected chi connectivity index (χ1v) is 11.3. The number of pyridine rings is 1. The normalized spacial score (nSPS) is 11.1. The Balaban J connectivity index is 1.91. The van der Waals surface area contributed by atoms with Crippen molar-refractivity contribution in [2.45, 2.75) is 25.7 Å². The number of nitrogens with one attached hydrogen (secondary N) is 1. The Morgan fingerprint density at radius 2 is 1.69 bits per heavy atom. The molecule has 0 bridgehead atoms. The maximum absolute atomic E-state index is 13.0. The maximum atomic E-state index is 13.0. The number of carbonyl (C=O) groups excluding carboxylic acids is 2. The lowest BCUT2D eigenvalue weighted by Gasteiger charge is -2.09. The summed E-state index contributed by atoms with van der Waals surface area (Å²) in [7, 11) is -3.81. The van der Waals surface area contributed by atoms with Gasteiger partial charge in [0.25, 0.3) is 10.0 Å². The van der Waals surface area contributed by atoms with Gasteiger partial charge < -0.3 is 14.8 Å². The van der Waals surface area contributed by atoms with Crippen LogP contribution in [0.4, 0.5) is 5.69 Å². The zero-order valence-electron chi connectivity index (χ0n) is 17.9. The fourth-order valence-corrected chi connectivity index (χ4v) is 4.18. The van der Waals surface area contributed by atoms with E-state index in [4.69, 9.17) is 9.47 Å². The summed E-state index contributed by atoms with van der Waals surface area (Å²) < 4.78 is 36.9. The third-order valence-corrected chi connectivity index (χ3v) is 6.13. The van der Waals surface area contributed by atoms with Crippen LogP contribution in [0.5, 0.6) is 0 Å². The molecule has 0 aliphatic rings. The molecule has 0 atom stereocenters. The van der Waals surface area contributed by atoms with E-state index in [2.05, 4.69) is 10.3 Å². The largest absolute Gasteiger partial charge is 0.462 e. The van der Waals surface area contributed by atoms with Gasteiger partial charge in [-0.2, -0.15) is 0 Å². The van der Waals surface area contributed by atoms with Crippen LogP contribution in [0, 0.1) is 6.92 Å². The number of esters is 2. The monoisotopic (exact) mass is 457 g/mol. The predicted octanol–water partition coefficient (Wildman–Crippen LogP) is 3.00. The first kappa shape index (κ1) is 23.0. The number of hydrogen-bond acceptors (Lipinski definition) is 8. The van der Waals surface area contributed by atoms with Gasteiger partial charge in [-0.3, -0.25) is 0 Å². The molecule has 32 heavy (non-hydrogen) atoms. The van der Waals surface area contributed by atoms with Crippen LogP contribution in [-0.2, 0) is 29.1 Å². The Bertz CT molecular complexity index is 1260. The van der Waals surface area contributed by atoms with Crippen molar-refractivity contribution in [3.63, 3.8) is 0 Å². The lowest BCUT2D eigenvalue weighted by atomic mass is 10.2. The second-order valence-corrected chi connectivity index (χ2v) is 8.52. The van der Waals surface area contributed by atoms with Crippen molar-refractivity contribution in [2.75, 3.05) is 18.5 Å². The van der Waals surface area contributed by atoms with Crippen molar-refractivity contribution >= 4 is 38.7 Å². The first-order chi connectivity index (χ1) is 15.3. The summed E-state index contributed by atoms with van der Waals surface area (Å²) in [6.07, 6.45) is 4.00. The smallest absolute Gasteiger partial charge is 0.347 e. The van der Waals surface area contributed by atoms with Crippen LogP contribution in [0.25, 0.3) is 11.0 Å². The molecule has 9 nitrogen and oxygen atoms in total. The summed E-state index contributed by atoms with van der Waals surface area (Å²) in [6.45, 7) is 5.34. The van der Waals surface area contributed by atoms with E-state index in [0.717, 1.165) is 9.54 Å². The summed E-state index contributed by atoms with van der Waals surface area (Å²) in [6, 6.07) is 9.80. The Kier molecular flexibility index (Phi) is 6.94. The minimum atomic E-state index is -3.81. The molecule has 0 spiro atoms. The van der Waals surface area contributed by atoms with Gasteiger partial charge in [0.1, 0.15) is 0 Å². The minimum absolute atomic E-state index is 0.103. The van der Waals surface area contributed by atoms with Crippen LogP contribution >= 0.6 is 0 Å². The van der Waals surface area contributed by atoms with E-state index < -0.39 is 22.0 Å². The number of aromatic nitrogens is 2. The third kappa shape index (κ3) is 4.80. The minimum Gasteiger partial charge on any atom is -0.462 e. The zero-order valence-corrected chi connectivity index (χ0v) is 18.7. The number of benzene rings is 1. The van der Waals surface area contributed by atoms with Crippen molar-refractivity contribution < 1.29 is 27.5 Å². The third-order valence-electron chi connectivity index (χ3n) is 4.45. The molecule has 0 aliphatic heterocycles. The molecule has 3 aromatic rings. The molecule has 168 valence electrons. The Labute approximate surface area is 185 Å². The van der Waals surface area contributed by atoms with Gasteiger partial charge in [-0.1, -0.05) is 17.7 Å². The summed E-state index contributed by atoms with van der Waals surface area (Å²) in [4.78, 5) is 28.5. The average Bonchev–Trinajstić information content (AvgIpc) is 3.19. The molecule has 0 amide bonds. The topological polar surface area (TPSA) is 117 Å². The van der Waals surface area contributed by atoms with Gasteiger partial charge in [0.05, 0.1) is 30.0 Å².